The monoisotopic (exact) mass is 495 g/mol. The molecular formula is C19H28F2IN3O2. The molecule has 1 heterocycles. The lowest BCUT2D eigenvalue weighted by Crippen LogP contribution is -2.67. The summed E-state index contributed by atoms with van der Waals surface area (Å²) >= 11 is 0. The Morgan fingerprint density at radius 3 is 2.81 bits per heavy atom. The second-order valence-corrected chi connectivity index (χ2v) is 7.60. The third-order valence-electron chi connectivity index (χ3n) is 5.49. The number of nitrogens with one attached hydrogen (secondary N) is 2. The van der Waals surface area contributed by atoms with Crippen molar-refractivity contribution in [2.45, 2.75) is 52.5 Å². The molecule has 0 radical (unpaired) electrons. The second kappa shape index (κ2) is 8.89. The normalized spacial score (nSPS) is 26.0. The van der Waals surface area contributed by atoms with E-state index in [1.54, 1.807) is 19.2 Å². The van der Waals surface area contributed by atoms with Crippen LogP contribution in [0.15, 0.2) is 23.2 Å². The van der Waals surface area contributed by atoms with Crippen molar-refractivity contribution in [3.8, 4) is 5.75 Å². The summed E-state index contributed by atoms with van der Waals surface area (Å²) in [6, 6.07) is 5.44. The summed E-state index contributed by atoms with van der Waals surface area (Å²) in [6.07, 6.45) is 1.34. The minimum absolute atomic E-state index is 0. The number of alkyl halides is 2. The molecule has 0 spiro atoms. The van der Waals surface area contributed by atoms with Crippen LogP contribution in [0.3, 0.4) is 0 Å². The lowest BCUT2D eigenvalue weighted by molar-refractivity contribution is -0.106. The van der Waals surface area contributed by atoms with Crippen LogP contribution in [0.1, 0.15) is 31.4 Å². The van der Waals surface area contributed by atoms with Gasteiger partial charge in [0.05, 0.1) is 6.10 Å². The van der Waals surface area contributed by atoms with Gasteiger partial charge in [-0.3, -0.25) is 4.99 Å². The maximum absolute atomic E-state index is 12.6. The van der Waals surface area contributed by atoms with Gasteiger partial charge in [0.1, 0.15) is 5.75 Å². The van der Waals surface area contributed by atoms with Crippen molar-refractivity contribution >= 4 is 29.9 Å². The van der Waals surface area contributed by atoms with Gasteiger partial charge in [-0.1, -0.05) is 31.5 Å². The zero-order chi connectivity index (χ0) is 18.9. The number of hydrogen-bond donors (Lipinski definition) is 2. The van der Waals surface area contributed by atoms with E-state index in [1.807, 2.05) is 13.0 Å². The van der Waals surface area contributed by atoms with Crippen LogP contribution in [-0.2, 0) is 11.3 Å². The Hall–Kier alpha value is -1.16. The minimum Gasteiger partial charge on any atom is -0.434 e. The van der Waals surface area contributed by atoms with Gasteiger partial charge in [0.25, 0.3) is 0 Å². The third-order valence-corrected chi connectivity index (χ3v) is 5.49. The number of rotatable bonds is 5. The number of hydrogen-bond acceptors (Lipinski definition) is 3. The molecule has 1 aliphatic heterocycles. The molecule has 2 N–H and O–H groups in total. The fourth-order valence-electron chi connectivity index (χ4n) is 4.20. The van der Waals surface area contributed by atoms with Crippen LogP contribution in [0.2, 0.25) is 0 Å². The number of aliphatic imine (C=N–C) groups is 1. The van der Waals surface area contributed by atoms with E-state index >= 15 is 0 Å². The zero-order valence-corrected chi connectivity index (χ0v) is 18.4. The molecule has 1 aliphatic carbocycles. The maximum atomic E-state index is 12.6. The standard InChI is InChI=1S/C19H27F2N3O2.HI/c1-11-5-6-14(26-17(20)21)12(9-11)10-23-18(22-4)24-15-13-7-8-25-16(13)19(15,2)3;/h5-6,9,13,15-17H,7-8,10H2,1-4H3,(H2,22,23,24);1H. The fraction of sp³-hybridized carbons (Fsp3) is 0.632. The molecule has 27 heavy (non-hydrogen) atoms. The van der Waals surface area contributed by atoms with Crippen molar-refractivity contribution in [2.24, 2.45) is 16.3 Å². The van der Waals surface area contributed by atoms with Crippen LogP contribution < -0.4 is 15.4 Å². The number of nitrogens with zero attached hydrogens (tertiary/aromatic N) is 1. The van der Waals surface area contributed by atoms with Gasteiger partial charge in [0.2, 0.25) is 0 Å². The minimum atomic E-state index is -2.84. The molecule has 5 nitrogen and oxygen atoms in total. The topological polar surface area (TPSA) is 54.9 Å². The van der Waals surface area contributed by atoms with Crippen LogP contribution in [0.5, 0.6) is 5.75 Å². The van der Waals surface area contributed by atoms with E-state index in [4.69, 9.17) is 4.74 Å². The number of halogens is 3. The van der Waals surface area contributed by atoms with E-state index in [-0.39, 0.29) is 41.2 Å². The summed E-state index contributed by atoms with van der Waals surface area (Å²) in [5.41, 5.74) is 1.69. The van der Waals surface area contributed by atoms with E-state index in [9.17, 15) is 8.78 Å². The van der Waals surface area contributed by atoms with E-state index in [0.717, 1.165) is 18.6 Å². The SMILES string of the molecule is CN=C(NCc1cc(C)ccc1OC(F)F)NC1C2CCOC2C1(C)C.I. The molecule has 8 heteroatoms. The molecule has 2 fully saturated rings. The van der Waals surface area contributed by atoms with Crippen LogP contribution in [-0.4, -0.2) is 38.4 Å². The highest BCUT2D eigenvalue weighted by Crippen LogP contribution is 2.52. The Bertz CT molecular complexity index is 685. The quantitative estimate of drug-likeness (QED) is 0.372. The van der Waals surface area contributed by atoms with Gasteiger partial charge in [0.15, 0.2) is 5.96 Å². The number of aryl methyl sites for hydroxylation is 1. The lowest BCUT2D eigenvalue weighted by Gasteiger charge is -2.54. The number of fused-ring (bicyclic) bond motifs is 1. The summed E-state index contributed by atoms with van der Waals surface area (Å²) in [6.45, 7) is 4.62. The third kappa shape index (κ3) is 4.64. The summed E-state index contributed by atoms with van der Waals surface area (Å²) in [5.74, 6) is 1.32. The van der Waals surface area contributed by atoms with Crippen molar-refractivity contribution in [3.05, 3.63) is 29.3 Å². The Labute approximate surface area is 176 Å². The Kier molecular flexibility index (Phi) is 7.29. The summed E-state index contributed by atoms with van der Waals surface area (Å²) in [7, 11) is 1.70. The van der Waals surface area contributed by atoms with Crippen molar-refractivity contribution in [1.29, 1.82) is 0 Å². The highest BCUT2D eigenvalue weighted by atomic mass is 127. The average molecular weight is 495 g/mol. The fourth-order valence-corrected chi connectivity index (χ4v) is 4.20. The van der Waals surface area contributed by atoms with Crippen LogP contribution in [0.25, 0.3) is 0 Å². The number of ether oxygens (including phenoxy) is 2. The molecule has 1 saturated carbocycles. The van der Waals surface area contributed by atoms with Crippen LogP contribution in [0.4, 0.5) is 8.78 Å². The predicted molar refractivity (Wildman–Crippen MR) is 112 cm³/mol. The molecule has 152 valence electrons. The molecular weight excluding hydrogens is 467 g/mol. The van der Waals surface area contributed by atoms with Gasteiger partial charge in [-0.2, -0.15) is 8.78 Å². The largest absolute Gasteiger partial charge is 0.434 e. The molecule has 1 saturated heterocycles. The van der Waals surface area contributed by atoms with Gasteiger partial charge >= 0.3 is 6.61 Å². The second-order valence-electron chi connectivity index (χ2n) is 7.60. The molecule has 1 aromatic carbocycles. The average Bonchev–Trinajstić information content (AvgIpc) is 3.04. The highest BCUT2D eigenvalue weighted by Gasteiger charge is 2.59. The first-order chi connectivity index (χ1) is 12.3. The van der Waals surface area contributed by atoms with Crippen molar-refractivity contribution in [3.63, 3.8) is 0 Å². The molecule has 0 bridgehead atoms. The van der Waals surface area contributed by atoms with Gasteiger partial charge < -0.3 is 20.1 Å². The molecule has 0 aromatic heterocycles. The lowest BCUT2D eigenvalue weighted by atomic mass is 9.57. The predicted octanol–water partition coefficient (Wildman–Crippen LogP) is 3.69. The van der Waals surface area contributed by atoms with E-state index in [2.05, 4.69) is 34.2 Å². The number of guanidine groups is 1. The van der Waals surface area contributed by atoms with Crippen LogP contribution in [0, 0.1) is 18.3 Å². The molecule has 2 aliphatic rings. The van der Waals surface area contributed by atoms with Gasteiger partial charge in [-0.15, -0.1) is 24.0 Å². The van der Waals surface area contributed by atoms with Gasteiger partial charge in [-0.05, 0) is 19.4 Å². The van der Waals surface area contributed by atoms with Crippen molar-refractivity contribution in [1.82, 2.24) is 10.6 Å². The van der Waals surface area contributed by atoms with Crippen molar-refractivity contribution in [2.75, 3.05) is 13.7 Å². The van der Waals surface area contributed by atoms with Gasteiger partial charge in [-0.25, -0.2) is 0 Å². The Morgan fingerprint density at radius 1 is 1.41 bits per heavy atom. The first kappa shape index (κ1) is 22.1. The van der Waals surface area contributed by atoms with Crippen molar-refractivity contribution < 1.29 is 18.3 Å². The molecule has 3 unspecified atom stereocenters. The first-order valence-corrected chi connectivity index (χ1v) is 8.96. The Morgan fingerprint density at radius 2 is 2.15 bits per heavy atom. The molecule has 3 atom stereocenters. The number of benzene rings is 1. The van der Waals surface area contributed by atoms with Gasteiger partial charge in [0, 0.05) is 43.1 Å². The zero-order valence-electron chi connectivity index (χ0n) is 16.1. The summed E-state index contributed by atoms with van der Waals surface area (Å²) in [4.78, 5) is 4.28. The molecule has 3 rings (SSSR count). The molecule has 0 amide bonds. The Balaban J connectivity index is 0.00000261. The van der Waals surface area contributed by atoms with E-state index in [0.29, 0.717) is 30.1 Å². The van der Waals surface area contributed by atoms with Crippen LogP contribution >= 0.6 is 24.0 Å². The smallest absolute Gasteiger partial charge is 0.387 e. The molecule has 1 aromatic rings. The summed E-state index contributed by atoms with van der Waals surface area (Å²) in [5, 5.41) is 6.70. The summed E-state index contributed by atoms with van der Waals surface area (Å²) < 4.78 is 35.7. The first-order valence-electron chi connectivity index (χ1n) is 8.96. The highest BCUT2D eigenvalue weighted by molar-refractivity contribution is 14.0. The van der Waals surface area contributed by atoms with E-state index in [1.165, 1.54) is 0 Å². The van der Waals surface area contributed by atoms with E-state index < -0.39 is 6.61 Å². The maximum Gasteiger partial charge on any atom is 0.387 e.